The van der Waals surface area contributed by atoms with Crippen molar-refractivity contribution in [2.24, 2.45) is 0 Å². The zero-order chi connectivity index (χ0) is 11.8. The molecular weight excluding hydrogens is 210 g/mol. The van der Waals surface area contributed by atoms with Crippen LogP contribution in [0.15, 0.2) is 24.3 Å². The molecule has 0 fully saturated rings. The van der Waals surface area contributed by atoms with Crippen LogP contribution >= 0.6 is 0 Å². The summed E-state index contributed by atoms with van der Waals surface area (Å²) in [6.45, 7) is 0.756. The van der Waals surface area contributed by atoms with Gasteiger partial charge in [-0.3, -0.25) is 4.79 Å². The summed E-state index contributed by atoms with van der Waals surface area (Å²) in [6.07, 6.45) is 0. The van der Waals surface area contributed by atoms with Gasteiger partial charge < -0.3 is 19.9 Å². The lowest BCUT2D eigenvalue weighted by molar-refractivity contribution is -0.121. The topological polar surface area (TPSA) is 67.8 Å². The molecule has 0 unspecified atom stereocenters. The van der Waals surface area contributed by atoms with Gasteiger partial charge in [0, 0.05) is 7.11 Å². The first-order chi connectivity index (χ1) is 7.74. The maximum absolute atomic E-state index is 11.3. The molecule has 0 aromatic heterocycles. The molecule has 1 aromatic rings. The van der Waals surface area contributed by atoms with E-state index in [-0.39, 0.29) is 18.3 Å². The van der Waals surface area contributed by atoms with Crippen LogP contribution in [0.5, 0.6) is 5.75 Å². The molecule has 0 aliphatic carbocycles. The van der Waals surface area contributed by atoms with E-state index in [1.54, 1.807) is 25.3 Å². The van der Waals surface area contributed by atoms with Gasteiger partial charge in [0.1, 0.15) is 12.4 Å². The number of phenols is 1. The van der Waals surface area contributed by atoms with Crippen molar-refractivity contribution in [3.05, 3.63) is 24.3 Å². The summed E-state index contributed by atoms with van der Waals surface area (Å²) in [5.41, 5.74) is 0.378. The standard InChI is InChI=1S/C11H15NO4/c1-15-6-7-16-8-11(14)12-9-4-2-3-5-10(9)13/h2-5,13H,6-8H2,1H3,(H,12,14). The molecule has 0 saturated carbocycles. The van der Waals surface area contributed by atoms with Crippen LogP contribution in [0.25, 0.3) is 0 Å². The Morgan fingerprint density at radius 1 is 1.38 bits per heavy atom. The van der Waals surface area contributed by atoms with E-state index >= 15 is 0 Å². The fourth-order valence-electron chi connectivity index (χ4n) is 1.07. The molecule has 0 radical (unpaired) electrons. The molecule has 0 saturated heterocycles. The summed E-state index contributed by atoms with van der Waals surface area (Å²) in [6, 6.07) is 6.52. The number of benzene rings is 1. The van der Waals surface area contributed by atoms with Crippen LogP contribution in [0.1, 0.15) is 0 Å². The Morgan fingerprint density at radius 3 is 2.81 bits per heavy atom. The highest BCUT2D eigenvalue weighted by molar-refractivity contribution is 5.93. The zero-order valence-electron chi connectivity index (χ0n) is 9.10. The van der Waals surface area contributed by atoms with Crippen molar-refractivity contribution in [3.8, 4) is 5.75 Å². The van der Waals surface area contributed by atoms with Gasteiger partial charge in [-0.1, -0.05) is 12.1 Å². The first kappa shape index (κ1) is 12.5. The smallest absolute Gasteiger partial charge is 0.250 e. The minimum absolute atomic E-state index is 0.0349. The Hall–Kier alpha value is -1.59. The molecule has 0 bridgehead atoms. The van der Waals surface area contributed by atoms with Gasteiger partial charge in [0.25, 0.3) is 0 Å². The van der Waals surface area contributed by atoms with Gasteiger partial charge in [-0.05, 0) is 12.1 Å². The van der Waals surface area contributed by atoms with E-state index in [4.69, 9.17) is 9.47 Å². The Bertz CT molecular complexity index is 341. The number of amides is 1. The number of phenolic OH excluding ortho intramolecular Hbond substituents is 1. The van der Waals surface area contributed by atoms with E-state index in [1.165, 1.54) is 6.07 Å². The number of carbonyl (C=O) groups excluding carboxylic acids is 1. The highest BCUT2D eigenvalue weighted by Crippen LogP contribution is 2.21. The van der Waals surface area contributed by atoms with E-state index in [0.717, 1.165) is 0 Å². The lowest BCUT2D eigenvalue weighted by Gasteiger charge is -2.07. The van der Waals surface area contributed by atoms with Crippen LogP contribution < -0.4 is 5.32 Å². The maximum Gasteiger partial charge on any atom is 0.250 e. The van der Waals surface area contributed by atoms with Crippen LogP contribution in [0.2, 0.25) is 0 Å². The summed E-state index contributed by atoms with van der Waals surface area (Å²) in [5, 5.41) is 11.9. The van der Waals surface area contributed by atoms with E-state index in [0.29, 0.717) is 18.9 Å². The summed E-state index contributed by atoms with van der Waals surface area (Å²) >= 11 is 0. The monoisotopic (exact) mass is 225 g/mol. The fourth-order valence-corrected chi connectivity index (χ4v) is 1.07. The van der Waals surface area contributed by atoms with Crippen molar-refractivity contribution in [1.82, 2.24) is 0 Å². The summed E-state index contributed by atoms with van der Waals surface area (Å²) in [4.78, 5) is 11.3. The lowest BCUT2D eigenvalue weighted by atomic mass is 10.3. The van der Waals surface area contributed by atoms with Crippen molar-refractivity contribution in [2.75, 3.05) is 32.2 Å². The molecule has 1 aromatic carbocycles. The van der Waals surface area contributed by atoms with Crippen molar-refractivity contribution in [2.45, 2.75) is 0 Å². The average molecular weight is 225 g/mol. The molecule has 5 nitrogen and oxygen atoms in total. The second-order valence-corrected chi connectivity index (χ2v) is 3.11. The van der Waals surface area contributed by atoms with Crippen LogP contribution in [-0.2, 0) is 14.3 Å². The third kappa shape index (κ3) is 4.29. The predicted octanol–water partition coefficient (Wildman–Crippen LogP) is 0.994. The van der Waals surface area contributed by atoms with E-state index in [9.17, 15) is 9.90 Å². The number of ether oxygens (including phenoxy) is 2. The van der Waals surface area contributed by atoms with Crippen LogP contribution in [0, 0.1) is 0 Å². The van der Waals surface area contributed by atoms with E-state index in [1.807, 2.05) is 0 Å². The molecule has 1 rings (SSSR count). The largest absolute Gasteiger partial charge is 0.506 e. The molecule has 0 aliphatic heterocycles. The average Bonchev–Trinajstić information content (AvgIpc) is 2.28. The molecule has 16 heavy (non-hydrogen) atoms. The number of para-hydroxylation sites is 2. The molecule has 88 valence electrons. The van der Waals surface area contributed by atoms with Crippen molar-refractivity contribution >= 4 is 11.6 Å². The highest BCUT2D eigenvalue weighted by atomic mass is 16.5. The van der Waals surface area contributed by atoms with Crippen LogP contribution in [0.3, 0.4) is 0 Å². The zero-order valence-corrected chi connectivity index (χ0v) is 9.10. The second-order valence-electron chi connectivity index (χ2n) is 3.11. The Labute approximate surface area is 94.0 Å². The number of rotatable bonds is 6. The third-order valence-corrected chi connectivity index (χ3v) is 1.84. The van der Waals surface area contributed by atoms with Gasteiger partial charge >= 0.3 is 0 Å². The number of methoxy groups -OCH3 is 1. The molecule has 0 spiro atoms. The molecule has 0 aliphatic rings. The molecule has 5 heteroatoms. The van der Waals surface area contributed by atoms with Crippen molar-refractivity contribution < 1.29 is 19.4 Å². The summed E-state index contributed by atoms with van der Waals surface area (Å²) in [5.74, 6) is -0.273. The van der Waals surface area contributed by atoms with E-state index < -0.39 is 0 Å². The number of anilines is 1. The third-order valence-electron chi connectivity index (χ3n) is 1.84. The Kier molecular flexibility index (Phi) is 5.31. The minimum atomic E-state index is -0.308. The highest BCUT2D eigenvalue weighted by Gasteiger charge is 2.05. The predicted molar refractivity (Wildman–Crippen MR) is 59.4 cm³/mol. The van der Waals surface area contributed by atoms with Gasteiger partial charge in [0.15, 0.2) is 0 Å². The number of aromatic hydroxyl groups is 1. The number of hydrogen-bond acceptors (Lipinski definition) is 4. The molecule has 0 atom stereocenters. The van der Waals surface area contributed by atoms with Crippen LogP contribution in [0.4, 0.5) is 5.69 Å². The first-order valence-electron chi connectivity index (χ1n) is 4.88. The summed E-state index contributed by atoms with van der Waals surface area (Å²) in [7, 11) is 1.56. The Morgan fingerprint density at radius 2 is 2.12 bits per heavy atom. The Balaban J connectivity index is 2.32. The van der Waals surface area contributed by atoms with Crippen molar-refractivity contribution in [3.63, 3.8) is 0 Å². The lowest BCUT2D eigenvalue weighted by Crippen LogP contribution is -2.19. The maximum atomic E-state index is 11.3. The number of carbonyl (C=O) groups is 1. The molecule has 0 heterocycles. The first-order valence-corrected chi connectivity index (χ1v) is 4.88. The SMILES string of the molecule is COCCOCC(=O)Nc1ccccc1O. The fraction of sp³-hybridized carbons (Fsp3) is 0.364. The molecular formula is C11H15NO4. The molecule has 2 N–H and O–H groups in total. The van der Waals surface area contributed by atoms with Gasteiger partial charge in [0.2, 0.25) is 5.91 Å². The summed E-state index contributed by atoms with van der Waals surface area (Å²) < 4.78 is 9.79. The van der Waals surface area contributed by atoms with Crippen molar-refractivity contribution in [1.29, 1.82) is 0 Å². The minimum Gasteiger partial charge on any atom is -0.506 e. The second kappa shape index (κ2) is 6.81. The number of nitrogens with one attached hydrogen (secondary N) is 1. The number of hydrogen-bond donors (Lipinski definition) is 2. The van der Waals surface area contributed by atoms with Gasteiger partial charge in [0.05, 0.1) is 18.9 Å². The van der Waals surface area contributed by atoms with Gasteiger partial charge in [-0.2, -0.15) is 0 Å². The van der Waals surface area contributed by atoms with E-state index in [2.05, 4.69) is 5.32 Å². The van der Waals surface area contributed by atoms with Gasteiger partial charge in [-0.25, -0.2) is 0 Å². The normalized spacial score (nSPS) is 10.1. The quantitative estimate of drug-likeness (QED) is 0.559. The van der Waals surface area contributed by atoms with Crippen LogP contribution in [-0.4, -0.2) is 37.9 Å². The molecule has 1 amide bonds. The van der Waals surface area contributed by atoms with Gasteiger partial charge in [-0.15, -0.1) is 0 Å².